The minimum absolute atomic E-state index is 0.0510. The monoisotopic (exact) mass is 387 g/mol. The highest BCUT2D eigenvalue weighted by Crippen LogP contribution is 2.37. The molecule has 0 saturated heterocycles. The molecule has 146 valence electrons. The number of nitrogens with zero attached hydrogens (tertiary/aromatic N) is 3. The van der Waals surface area contributed by atoms with E-state index in [4.69, 9.17) is 16.3 Å². The number of aromatic nitrogens is 3. The minimum atomic E-state index is -0.126. The summed E-state index contributed by atoms with van der Waals surface area (Å²) < 4.78 is 8.37. The van der Waals surface area contributed by atoms with Crippen LogP contribution >= 0.6 is 11.6 Å². The number of halogens is 1. The van der Waals surface area contributed by atoms with Gasteiger partial charge < -0.3 is 4.74 Å². The van der Waals surface area contributed by atoms with Gasteiger partial charge in [0.2, 0.25) is 0 Å². The Kier molecular flexibility index (Phi) is 6.72. The van der Waals surface area contributed by atoms with E-state index in [0.717, 1.165) is 10.6 Å². The van der Waals surface area contributed by atoms with Crippen LogP contribution in [0.1, 0.15) is 64.5 Å². The smallest absolute Gasteiger partial charge is 0.137 e. The molecule has 0 aliphatic heterocycles. The van der Waals surface area contributed by atoms with Crippen LogP contribution in [0.2, 0.25) is 5.02 Å². The van der Waals surface area contributed by atoms with Crippen molar-refractivity contribution in [3.05, 3.63) is 59.2 Å². The summed E-state index contributed by atoms with van der Waals surface area (Å²) in [7, 11) is 0. The first kappa shape index (κ1) is 20.1. The van der Waals surface area contributed by atoms with Crippen molar-refractivity contribution in [2.45, 2.75) is 71.6 Å². The van der Waals surface area contributed by atoms with Crippen LogP contribution in [-0.2, 0) is 11.3 Å². The highest BCUT2D eigenvalue weighted by Gasteiger charge is 2.35. The zero-order valence-electron chi connectivity index (χ0n) is 16.6. The molecule has 2 atom stereocenters. The van der Waals surface area contributed by atoms with Crippen LogP contribution in [-0.4, -0.2) is 20.9 Å². The lowest BCUT2D eigenvalue weighted by atomic mass is 9.79. The fourth-order valence-corrected chi connectivity index (χ4v) is 4.29. The summed E-state index contributed by atoms with van der Waals surface area (Å²) in [6.07, 6.45) is 12.1. The predicted octanol–water partition coefficient (Wildman–Crippen LogP) is 5.99. The van der Waals surface area contributed by atoms with Gasteiger partial charge in [0, 0.05) is 10.4 Å². The van der Waals surface area contributed by atoms with E-state index >= 15 is 0 Å². The molecular formula is C22H30ClN3O. The Balaban J connectivity index is 1.83. The zero-order chi connectivity index (χ0) is 19.3. The Morgan fingerprint density at radius 3 is 2.63 bits per heavy atom. The van der Waals surface area contributed by atoms with Crippen LogP contribution in [0.5, 0.6) is 0 Å². The Morgan fingerprint density at radius 2 is 1.96 bits per heavy atom. The summed E-state index contributed by atoms with van der Waals surface area (Å²) in [6, 6.07) is 7.93. The Bertz CT molecular complexity index is 747. The number of hydrogen-bond acceptors (Lipinski definition) is 3. The van der Waals surface area contributed by atoms with Crippen molar-refractivity contribution in [3.8, 4) is 0 Å². The second-order valence-electron chi connectivity index (χ2n) is 8.12. The van der Waals surface area contributed by atoms with E-state index in [-0.39, 0.29) is 17.6 Å². The first-order chi connectivity index (χ1) is 13.0. The maximum absolute atomic E-state index is 6.48. The molecular weight excluding hydrogens is 358 g/mol. The molecule has 0 amide bonds. The molecule has 2 unspecified atom stereocenters. The van der Waals surface area contributed by atoms with Crippen molar-refractivity contribution in [2.75, 3.05) is 0 Å². The van der Waals surface area contributed by atoms with Gasteiger partial charge in [0.1, 0.15) is 12.7 Å². The van der Waals surface area contributed by atoms with Gasteiger partial charge in [-0.2, -0.15) is 5.10 Å². The molecule has 0 radical (unpaired) electrons. The van der Waals surface area contributed by atoms with Crippen molar-refractivity contribution in [2.24, 2.45) is 5.41 Å². The molecule has 0 bridgehead atoms. The van der Waals surface area contributed by atoms with Crippen LogP contribution < -0.4 is 0 Å². The number of benzene rings is 1. The number of rotatable bonds is 7. The molecule has 4 nitrogen and oxygen atoms in total. The summed E-state index contributed by atoms with van der Waals surface area (Å²) in [5.74, 6) is 0. The molecule has 1 aliphatic carbocycles. The zero-order valence-corrected chi connectivity index (χ0v) is 17.3. The molecule has 1 aliphatic rings. The molecule has 27 heavy (non-hydrogen) atoms. The molecule has 1 fully saturated rings. The van der Waals surface area contributed by atoms with E-state index < -0.39 is 0 Å². The average Bonchev–Trinajstić information content (AvgIpc) is 3.18. The molecule has 2 aromatic rings. The van der Waals surface area contributed by atoms with Gasteiger partial charge in [-0.1, -0.05) is 61.7 Å². The highest BCUT2D eigenvalue weighted by atomic mass is 35.5. The van der Waals surface area contributed by atoms with Gasteiger partial charge in [-0.05, 0) is 44.2 Å². The predicted molar refractivity (Wildman–Crippen MR) is 110 cm³/mol. The topological polar surface area (TPSA) is 39.9 Å². The fraction of sp³-hybridized carbons (Fsp3) is 0.545. The molecule has 5 heteroatoms. The average molecular weight is 388 g/mol. The van der Waals surface area contributed by atoms with E-state index in [1.807, 2.05) is 28.9 Å². The van der Waals surface area contributed by atoms with E-state index in [1.54, 1.807) is 18.2 Å². The molecule has 1 aromatic heterocycles. The van der Waals surface area contributed by atoms with Crippen LogP contribution in [0, 0.1) is 5.41 Å². The lowest BCUT2D eigenvalue weighted by Crippen LogP contribution is -2.38. The van der Waals surface area contributed by atoms with Gasteiger partial charge in [0.05, 0.1) is 18.8 Å². The van der Waals surface area contributed by atoms with Gasteiger partial charge >= 0.3 is 0 Å². The number of ether oxygens (including phenoxy) is 1. The SMILES string of the molecule is CC(C(OCc1ccccc1Cl)C(C)(C)C=C1CCCCC1)n1cncn1. The summed E-state index contributed by atoms with van der Waals surface area (Å²) in [5, 5.41) is 5.09. The van der Waals surface area contributed by atoms with Crippen LogP contribution in [0.25, 0.3) is 0 Å². The van der Waals surface area contributed by atoms with Gasteiger partial charge in [-0.25, -0.2) is 9.67 Å². The second-order valence-corrected chi connectivity index (χ2v) is 8.53. The lowest BCUT2D eigenvalue weighted by molar-refractivity contribution is -0.0480. The van der Waals surface area contributed by atoms with Crippen molar-refractivity contribution < 1.29 is 4.74 Å². The molecule has 0 N–H and O–H groups in total. The molecule has 3 rings (SSSR count). The summed E-state index contributed by atoms with van der Waals surface area (Å²) >= 11 is 6.34. The third-order valence-electron chi connectivity index (χ3n) is 5.47. The van der Waals surface area contributed by atoms with Gasteiger partial charge in [-0.3, -0.25) is 0 Å². The van der Waals surface area contributed by atoms with Crippen molar-refractivity contribution >= 4 is 11.6 Å². The second kappa shape index (κ2) is 9.03. The maximum Gasteiger partial charge on any atom is 0.137 e. The van der Waals surface area contributed by atoms with Crippen LogP contribution in [0.3, 0.4) is 0 Å². The molecule has 0 spiro atoms. The standard InChI is InChI=1S/C22H30ClN3O/c1-17(26-16-24-15-25-26)21(27-14-19-11-7-8-12-20(19)23)22(2,3)13-18-9-5-4-6-10-18/h7-8,11-13,15-17,21H,4-6,9-10,14H2,1-3H3. The summed E-state index contributed by atoms with van der Waals surface area (Å²) in [4.78, 5) is 4.12. The Morgan fingerprint density at radius 1 is 1.22 bits per heavy atom. The quantitative estimate of drug-likeness (QED) is 0.547. The Hall–Kier alpha value is -1.65. The Labute approximate surface area is 167 Å². The normalized spacial score (nSPS) is 17.6. The minimum Gasteiger partial charge on any atom is -0.370 e. The van der Waals surface area contributed by atoms with E-state index in [9.17, 15) is 0 Å². The molecule has 1 saturated carbocycles. The first-order valence-corrected chi connectivity index (χ1v) is 10.2. The van der Waals surface area contributed by atoms with Gasteiger partial charge in [0.15, 0.2) is 0 Å². The van der Waals surface area contributed by atoms with Gasteiger partial charge in [0.25, 0.3) is 0 Å². The highest BCUT2D eigenvalue weighted by molar-refractivity contribution is 6.31. The van der Waals surface area contributed by atoms with Crippen molar-refractivity contribution in [1.82, 2.24) is 14.8 Å². The summed E-state index contributed by atoms with van der Waals surface area (Å²) in [5.41, 5.74) is 2.44. The largest absolute Gasteiger partial charge is 0.370 e. The van der Waals surface area contributed by atoms with Crippen molar-refractivity contribution in [3.63, 3.8) is 0 Å². The van der Waals surface area contributed by atoms with Gasteiger partial charge in [-0.15, -0.1) is 0 Å². The summed E-state index contributed by atoms with van der Waals surface area (Å²) in [6.45, 7) is 7.15. The molecule has 1 heterocycles. The first-order valence-electron chi connectivity index (χ1n) is 9.87. The van der Waals surface area contributed by atoms with E-state index in [0.29, 0.717) is 6.61 Å². The van der Waals surface area contributed by atoms with E-state index in [2.05, 4.69) is 36.9 Å². The fourth-order valence-electron chi connectivity index (χ4n) is 4.10. The molecule has 1 aromatic carbocycles. The number of allylic oxidation sites excluding steroid dienone is 1. The van der Waals surface area contributed by atoms with Crippen LogP contribution in [0.15, 0.2) is 48.6 Å². The number of hydrogen-bond donors (Lipinski definition) is 0. The van der Waals surface area contributed by atoms with Crippen LogP contribution in [0.4, 0.5) is 0 Å². The third-order valence-corrected chi connectivity index (χ3v) is 5.84. The lowest BCUT2D eigenvalue weighted by Gasteiger charge is -2.37. The van der Waals surface area contributed by atoms with Crippen molar-refractivity contribution in [1.29, 1.82) is 0 Å². The third kappa shape index (κ3) is 5.20. The van der Waals surface area contributed by atoms with E-state index in [1.165, 1.54) is 32.1 Å². The maximum atomic E-state index is 6.48.